The van der Waals surface area contributed by atoms with Gasteiger partial charge in [-0.3, -0.25) is 0 Å². The molecule has 98 valence electrons. The van der Waals surface area contributed by atoms with Crippen molar-refractivity contribution in [3.8, 4) is 17.2 Å². The molecule has 3 unspecified atom stereocenters. The first kappa shape index (κ1) is 11.7. The summed E-state index contributed by atoms with van der Waals surface area (Å²) in [6, 6.07) is 0. The van der Waals surface area contributed by atoms with E-state index in [0.29, 0.717) is 24.3 Å². The van der Waals surface area contributed by atoms with Crippen molar-refractivity contribution in [1.82, 2.24) is 0 Å². The quantitative estimate of drug-likeness (QED) is 0.801. The van der Waals surface area contributed by atoms with E-state index in [1.165, 1.54) is 0 Å². The van der Waals surface area contributed by atoms with E-state index in [2.05, 4.69) is 0 Å². The predicted octanol–water partition coefficient (Wildman–Crippen LogP) is 2.09. The van der Waals surface area contributed by atoms with Crippen molar-refractivity contribution < 1.29 is 19.7 Å². The molecule has 0 aromatic heterocycles. The lowest BCUT2D eigenvalue weighted by atomic mass is 9.94. The molecule has 2 aliphatic heterocycles. The lowest BCUT2D eigenvalue weighted by molar-refractivity contribution is 0.186. The van der Waals surface area contributed by atoms with Crippen LogP contribution >= 0.6 is 0 Å². The van der Waals surface area contributed by atoms with Gasteiger partial charge in [-0.15, -0.1) is 0 Å². The number of phenols is 1. The molecular formula is C14H18O4. The number of fused-ring (bicyclic) bond motifs is 2. The first-order valence-corrected chi connectivity index (χ1v) is 6.41. The number of aromatic hydroxyl groups is 1. The van der Waals surface area contributed by atoms with Crippen molar-refractivity contribution in [3.05, 3.63) is 16.7 Å². The normalized spacial score (nSPS) is 26.2. The van der Waals surface area contributed by atoms with Gasteiger partial charge in [0.15, 0.2) is 11.5 Å². The van der Waals surface area contributed by atoms with Crippen LogP contribution in [0.15, 0.2) is 0 Å². The van der Waals surface area contributed by atoms with Gasteiger partial charge < -0.3 is 19.7 Å². The van der Waals surface area contributed by atoms with Crippen molar-refractivity contribution in [2.24, 2.45) is 0 Å². The maximum Gasteiger partial charge on any atom is 0.165 e. The molecule has 0 aliphatic carbocycles. The van der Waals surface area contributed by atoms with Crippen molar-refractivity contribution >= 4 is 0 Å². The minimum absolute atomic E-state index is 0.0309. The number of rotatable bonds is 1. The standard InChI is InChI=1S/C14H18O4/c1-6-4-9-11(8(3)15)13-10(5-7(2)17-13)12(16)14(9)18-6/h6-8,15-16H,4-5H2,1-3H3. The molecule has 0 amide bonds. The lowest BCUT2D eigenvalue weighted by Gasteiger charge is -2.16. The Kier molecular flexibility index (Phi) is 2.45. The summed E-state index contributed by atoms with van der Waals surface area (Å²) in [5.74, 6) is 1.39. The second-order valence-corrected chi connectivity index (χ2v) is 5.32. The first-order chi connectivity index (χ1) is 8.49. The molecule has 18 heavy (non-hydrogen) atoms. The van der Waals surface area contributed by atoms with Crippen LogP contribution in [-0.2, 0) is 12.8 Å². The minimum atomic E-state index is -0.618. The zero-order valence-electron chi connectivity index (χ0n) is 10.9. The molecule has 0 bridgehead atoms. The van der Waals surface area contributed by atoms with Gasteiger partial charge in [0, 0.05) is 29.5 Å². The van der Waals surface area contributed by atoms with Crippen LogP contribution in [0.2, 0.25) is 0 Å². The number of aliphatic hydroxyl groups excluding tert-OH is 1. The Morgan fingerprint density at radius 3 is 2.22 bits per heavy atom. The summed E-state index contributed by atoms with van der Waals surface area (Å²) in [5, 5.41) is 20.3. The first-order valence-electron chi connectivity index (χ1n) is 6.41. The Bertz CT molecular complexity index is 468. The second kappa shape index (κ2) is 3.79. The van der Waals surface area contributed by atoms with Gasteiger partial charge in [0.25, 0.3) is 0 Å². The van der Waals surface area contributed by atoms with E-state index in [9.17, 15) is 10.2 Å². The smallest absolute Gasteiger partial charge is 0.165 e. The minimum Gasteiger partial charge on any atom is -0.504 e. The summed E-state index contributed by atoms with van der Waals surface area (Å²) in [5.41, 5.74) is 2.45. The Morgan fingerprint density at radius 1 is 1.06 bits per heavy atom. The zero-order chi connectivity index (χ0) is 13.0. The van der Waals surface area contributed by atoms with Gasteiger partial charge in [0.05, 0.1) is 6.10 Å². The maximum atomic E-state index is 10.3. The zero-order valence-corrected chi connectivity index (χ0v) is 10.9. The summed E-state index contributed by atoms with van der Waals surface area (Å²) in [7, 11) is 0. The molecule has 0 spiro atoms. The number of hydrogen-bond acceptors (Lipinski definition) is 4. The fraction of sp³-hybridized carbons (Fsp3) is 0.571. The third kappa shape index (κ3) is 1.48. The van der Waals surface area contributed by atoms with Crippen molar-refractivity contribution in [1.29, 1.82) is 0 Å². The summed E-state index contributed by atoms with van der Waals surface area (Å²) in [4.78, 5) is 0. The van der Waals surface area contributed by atoms with Crippen LogP contribution in [0.25, 0.3) is 0 Å². The van der Waals surface area contributed by atoms with Crippen LogP contribution in [0.5, 0.6) is 17.2 Å². The van der Waals surface area contributed by atoms with E-state index >= 15 is 0 Å². The predicted molar refractivity (Wildman–Crippen MR) is 66.3 cm³/mol. The van der Waals surface area contributed by atoms with E-state index < -0.39 is 6.10 Å². The molecule has 4 heteroatoms. The van der Waals surface area contributed by atoms with Crippen molar-refractivity contribution in [3.63, 3.8) is 0 Å². The van der Waals surface area contributed by atoms with E-state index in [4.69, 9.17) is 9.47 Å². The SMILES string of the molecule is CC1Cc2c(c(O)c3c(c2C(C)O)OC(C)C3)O1. The highest BCUT2D eigenvalue weighted by Crippen LogP contribution is 2.52. The molecule has 1 aromatic rings. The number of aliphatic hydroxyl groups is 1. The lowest BCUT2D eigenvalue weighted by Crippen LogP contribution is -2.08. The highest BCUT2D eigenvalue weighted by molar-refractivity contribution is 5.66. The Labute approximate surface area is 106 Å². The Hall–Kier alpha value is -1.42. The Balaban J connectivity index is 2.26. The average Bonchev–Trinajstić information content (AvgIpc) is 2.81. The molecule has 0 saturated carbocycles. The maximum absolute atomic E-state index is 10.3. The van der Waals surface area contributed by atoms with Crippen LogP contribution < -0.4 is 9.47 Å². The van der Waals surface area contributed by atoms with E-state index in [-0.39, 0.29) is 18.0 Å². The third-order valence-electron chi connectivity index (χ3n) is 3.66. The molecule has 1 aromatic carbocycles. The summed E-state index contributed by atoms with van der Waals surface area (Å²) >= 11 is 0. The topological polar surface area (TPSA) is 58.9 Å². The van der Waals surface area contributed by atoms with E-state index in [1.807, 2.05) is 13.8 Å². The van der Waals surface area contributed by atoms with Crippen LogP contribution in [0, 0.1) is 0 Å². The van der Waals surface area contributed by atoms with Crippen LogP contribution in [-0.4, -0.2) is 22.4 Å². The summed E-state index contributed by atoms with van der Waals surface area (Å²) in [6.45, 7) is 5.64. The monoisotopic (exact) mass is 250 g/mol. The van der Waals surface area contributed by atoms with Crippen LogP contribution in [0.1, 0.15) is 43.6 Å². The number of ether oxygens (including phenoxy) is 2. The molecule has 3 atom stereocenters. The number of hydrogen-bond donors (Lipinski definition) is 2. The molecule has 2 heterocycles. The van der Waals surface area contributed by atoms with Gasteiger partial charge in [-0.05, 0) is 20.8 Å². The fourth-order valence-corrected chi connectivity index (χ4v) is 2.97. The van der Waals surface area contributed by atoms with Crippen molar-refractivity contribution in [2.45, 2.75) is 51.9 Å². The summed E-state index contributed by atoms with van der Waals surface area (Å²) in [6.07, 6.45) is 0.805. The molecule has 0 radical (unpaired) electrons. The second-order valence-electron chi connectivity index (χ2n) is 5.32. The van der Waals surface area contributed by atoms with Crippen LogP contribution in [0.4, 0.5) is 0 Å². The van der Waals surface area contributed by atoms with Gasteiger partial charge in [0.2, 0.25) is 0 Å². The van der Waals surface area contributed by atoms with Crippen molar-refractivity contribution in [2.75, 3.05) is 0 Å². The van der Waals surface area contributed by atoms with Gasteiger partial charge in [-0.2, -0.15) is 0 Å². The largest absolute Gasteiger partial charge is 0.504 e. The van der Waals surface area contributed by atoms with Gasteiger partial charge in [-0.25, -0.2) is 0 Å². The van der Waals surface area contributed by atoms with E-state index in [1.54, 1.807) is 6.92 Å². The average molecular weight is 250 g/mol. The molecule has 2 N–H and O–H groups in total. The van der Waals surface area contributed by atoms with Crippen LogP contribution in [0.3, 0.4) is 0 Å². The highest BCUT2D eigenvalue weighted by atomic mass is 16.5. The molecule has 0 saturated heterocycles. The third-order valence-corrected chi connectivity index (χ3v) is 3.66. The van der Waals surface area contributed by atoms with Gasteiger partial charge in [-0.1, -0.05) is 0 Å². The Morgan fingerprint density at radius 2 is 1.61 bits per heavy atom. The van der Waals surface area contributed by atoms with E-state index in [0.717, 1.165) is 16.7 Å². The summed E-state index contributed by atoms with van der Waals surface area (Å²) < 4.78 is 11.4. The molecule has 0 fully saturated rings. The van der Waals surface area contributed by atoms with Gasteiger partial charge in [0.1, 0.15) is 18.0 Å². The number of benzene rings is 1. The molecular weight excluding hydrogens is 232 g/mol. The highest BCUT2D eigenvalue weighted by Gasteiger charge is 2.36. The molecule has 4 nitrogen and oxygen atoms in total. The molecule has 2 aliphatic rings. The number of phenolic OH excluding ortho intramolecular Hbond substituents is 1. The fourth-order valence-electron chi connectivity index (χ4n) is 2.97. The van der Waals surface area contributed by atoms with Gasteiger partial charge >= 0.3 is 0 Å². The molecule has 3 rings (SSSR count).